The van der Waals surface area contributed by atoms with Gasteiger partial charge in [0.2, 0.25) is 5.91 Å². The molecule has 0 fully saturated rings. The molecular formula is C23H25FN2O2S. The van der Waals surface area contributed by atoms with Gasteiger partial charge in [0.05, 0.1) is 18.5 Å². The molecule has 3 rings (SSSR count). The molecule has 1 aliphatic rings. The van der Waals surface area contributed by atoms with Crippen molar-refractivity contribution in [2.24, 2.45) is 4.99 Å². The van der Waals surface area contributed by atoms with E-state index in [1.54, 1.807) is 23.9 Å². The van der Waals surface area contributed by atoms with Gasteiger partial charge in [-0.2, -0.15) is 0 Å². The highest BCUT2D eigenvalue weighted by molar-refractivity contribution is 8.03. The lowest BCUT2D eigenvalue weighted by molar-refractivity contribution is -0.130. The van der Waals surface area contributed by atoms with Crippen molar-refractivity contribution in [3.63, 3.8) is 0 Å². The monoisotopic (exact) mass is 412 g/mol. The molecule has 2 aromatic rings. The van der Waals surface area contributed by atoms with Gasteiger partial charge in [0.25, 0.3) is 0 Å². The van der Waals surface area contributed by atoms with Gasteiger partial charge in [-0.3, -0.25) is 14.6 Å². The lowest BCUT2D eigenvalue weighted by Gasteiger charge is -2.09. The molecule has 1 N–H and O–H groups in total. The van der Waals surface area contributed by atoms with Crippen molar-refractivity contribution in [2.75, 3.05) is 7.11 Å². The number of nitrogens with zero attached hydrogens (tertiary/aromatic N) is 1. The first-order valence-corrected chi connectivity index (χ1v) is 10.1. The molecule has 0 bridgehead atoms. The Hall–Kier alpha value is -2.70. The minimum Gasteiger partial charge on any atom is -0.277 e. The largest absolute Gasteiger partial charge is 0.277 e. The van der Waals surface area contributed by atoms with E-state index >= 15 is 0 Å². The second-order valence-corrected chi connectivity index (χ2v) is 7.40. The molecule has 1 aliphatic heterocycles. The van der Waals surface area contributed by atoms with E-state index in [4.69, 9.17) is 4.99 Å². The van der Waals surface area contributed by atoms with Crippen LogP contribution in [0.25, 0.3) is 0 Å². The van der Waals surface area contributed by atoms with Gasteiger partial charge in [-0.15, -0.1) is 6.58 Å². The molecule has 0 saturated carbocycles. The molecule has 152 valence electrons. The lowest BCUT2D eigenvalue weighted by atomic mass is 10.0. The number of allylic oxidation sites excluding steroid dienone is 2. The number of hydroxylamine groups is 1. The first kappa shape index (κ1) is 22.6. The number of thioether (sulfide) groups is 1. The average Bonchev–Trinajstić information content (AvgIpc) is 2.84. The van der Waals surface area contributed by atoms with Crippen LogP contribution in [-0.2, 0) is 9.63 Å². The lowest BCUT2D eigenvalue weighted by Crippen LogP contribution is -2.20. The Bertz CT molecular complexity index is 938. The summed E-state index contributed by atoms with van der Waals surface area (Å²) in [4.78, 5) is 21.9. The summed E-state index contributed by atoms with van der Waals surface area (Å²) in [5, 5.41) is 0. The van der Waals surface area contributed by atoms with E-state index in [-0.39, 0.29) is 11.7 Å². The highest BCUT2D eigenvalue weighted by atomic mass is 32.2. The molecule has 0 radical (unpaired) electrons. The third-order valence-corrected chi connectivity index (χ3v) is 5.15. The molecular weight excluding hydrogens is 387 g/mol. The van der Waals surface area contributed by atoms with Crippen molar-refractivity contribution in [3.8, 4) is 0 Å². The van der Waals surface area contributed by atoms with E-state index in [0.29, 0.717) is 6.42 Å². The topological polar surface area (TPSA) is 50.7 Å². The van der Waals surface area contributed by atoms with E-state index < -0.39 is 0 Å². The molecule has 6 heteroatoms. The Morgan fingerprint density at radius 1 is 1.28 bits per heavy atom. The Balaban J connectivity index is 0.000000321. The smallest absolute Gasteiger partial charge is 0.247 e. The van der Waals surface area contributed by atoms with Gasteiger partial charge in [-0.05, 0) is 31.5 Å². The first-order chi connectivity index (χ1) is 14.0. The van der Waals surface area contributed by atoms with Crippen LogP contribution in [0.15, 0.2) is 81.7 Å². The van der Waals surface area contributed by atoms with E-state index in [1.165, 1.54) is 29.1 Å². The summed E-state index contributed by atoms with van der Waals surface area (Å²) < 4.78 is 13.6. The summed E-state index contributed by atoms with van der Waals surface area (Å²) in [5.41, 5.74) is 5.94. The zero-order valence-corrected chi connectivity index (χ0v) is 17.7. The van der Waals surface area contributed by atoms with E-state index in [0.717, 1.165) is 29.0 Å². The second kappa shape index (κ2) is 11.3. The number of nitrogens with one attached hydrogen (secondary N) is 1. The molecule has 0 aromatic heterocycles. The normalized spacial score (nSPS) is 12.8. The van der Waals surface area contributed by atoms with Crippen LogP contribution in [0.2, 0.25) is 0 Å². The maximum atomic E-state index is 13.6. The third-order valence-electron chi connectivity index (χ3n) is 4.04. The van der Waals surface area contributed by atoms with Crippen molar-refractivity contribution in [1.82, 2.24) is 5.48 Å². The van der Waals surface area contributed by atoms with Crippen LogP contribution < -0.4 is 5.48 Å². The Labute approximate surface area is 175 Å². The number of carbonyl (C=O) groups is 1. The summed E-state index contributed by atoms with van der Waals surface area (Å²) in [5.74, 6) is -0.411. The maximum absolute atomic E-state index is 13.6. The van der Waals surface area contributed by atoms with Crippen molar-refractivity contribution in [3.05, 3.63) is 88.7 Å². The second-order valence-electron chi connectivity index (χ2n) is 6.15. The van der Waals surface area contributed by atoms with Crippen LogP contribution in [0, 0.1) is 5.82 Å². The minimum atomic E-state index is -0.233. The van der Waals surface area contributed by atoms with Gasteiger partial charge in [-0.1, -0.05) is 55.1 Å². The number of benzene rings is 2. The number of hydrogen-bond donors (Lipinski definition) is 1. The van der Waals surface area contributed by atoms with Crippen LogP contribution in [0.4, 0.5) is 4.39 Å². The molecule has 0 unspecified atom stereocenters. The highest BCUT2D eigenvalue weighted by Gasteiger charge is 2.18. The molecule has 29 heavy (non-hydrogen) atoms. The number of aliphatic imine (C=N–C) groups is 1. The summed E-state index contributed by atoms with van der Waals surface area (Å²) in [7, 11) is 1.39. The highest BCUT2D eigenvalue weighted by Crippen LogP contribution is 2.37. The minimum absolute atomic E-state index is 0.178. The average molecular weight is 413 g/mol. The standard InChI is InChI=1S/C18H16FNS.C5H9NO2/c1-3-16-12(2)21-17-10-5-4-9-15(17)18(20-16)13-7-6-8-14(19)11-13;1-3-4-5(7)6-8-2/h4-11H,3H2,1-2H3;3H,1,4H2,2H3,(H,6,7). The number of rotatable bonds is 5. The van der Waals surface area contributed by atoms with Gasteiger partial charge in [-0.25, -0.2) is 9.87 Å². The molecule has 0 atom stereocenters. The number of halogens is 1. The van der Waals surface area contributed by atoms with Crippen molar-refractivity contribution < 1.29 is 14.0 Å². The van der Waals surface area contributed by atoms with Crippen LogP contribution in [0.3, 0.4) is 0 Å². The zero-order valence-electron chi connectivity index (χ0n) is 16.9. The number of amides is 1. The Kier molecular flexibility index (Phi) is 8.83. The molecule has 0 spiro atoms. The Morgan fingerprint density at radius 3 is 2.69 bits per heavy atom. The zero-order chi connectivity index (χ0) is 21.2. The van der Waals surface area contributed by atoms with Gasteiger partial charge in [0.15, 0.2) is 0 Å². The molecule has 0 saturated heterocycles. The van der Waals surface area contributed by atoms with Gasteiger partial charge < -0.3 is 0 Å². The van der Waals surface area contributed by atoms with Gasteiger partial charge in [0.1, 0.15) is 5.82 Å². The fourth-order valence-electron chi connectivity index (χ4n) is 2.72. The predicted octanol–water partition coefficient (Wildman–Crippen LogP) is 5.65. The number of carbonyl (C=O) groups excluding carboxylic acids is 1. The van der Waals surface area contributed by atoms with Crippen molar-refractivity contribution >= 4 is 23.4 Å². The van der Waals surface area contributed by atoms with Crippen LogP contribution >= 0.6 is 11.8 Å². The maximum Gasteiger partial charge on any atom is 0.247 e. The van der Waals surface area contributed by atoms with E-state index in [9.17, 15) is 9.18 Å². The van der Waals surface area contributed by atoms with Crippen LogP contribution in [0.5, 0.6) is 0 Å². The van der Waals surface area contributed by atoms with E-state index in [2.05, 4.69) is 42.9 Å². The van der Waals surface area contributed by atoms with Crippen molar-refractivity contribution in [1.29, 1.82) is 0 Å². The summed E-state index contributed by atoms with van der Waals surface area (Å²) in [6.07, 6.45) is 2.67. The van der Waals surface area contributed by atoms with Crippen molar-refractivity contribution in [2.45, 2.75) is 31.6 Å². The molecule has 4 nitrogen and oxygen atoms in total. The summed E-state index contributed by atoms with van der Waals surface area (Å²) >= 11 is 1.74. The molecule has 1 amide bonds. The molecule has 1 heterocycles. The SMILES string of the molecule is C=CCC(=O)NOC.CCC1=C(C)Sc2ccccc2C(c2cccc(F)c2)=N1. The Morgan fingerprint density at radius 2 is 2.03 bits per heavy atom. The van der Waals surface area contributed by atoms with E-state index in [1.807, 2.05) is 18.2 Å². The third kappa shape index (κ3) is 6.41. The predicted molar refractivity (Wildman–Crippen MR) is 117 cm³/mol. The fraction of sp³-hybridized carbons (Fsp3) is 0.217. The number of fused-ring (bicyclic) bond motifs is 1. The summed E-state index contributed by atoms with van der Waals surface area (Å²) in [6.45, 7) is 7.56. The van der Waals surface area contributed by atoms with Gasteiger partial charge in [0, 0.05) is 27.3 Å². The fourth-order valence-corrected chi connectivity index (χ4v) is 3.78. The quantitative estimate of drug-likeness (QED) is 0.510. The number of hydrogen-bond acceptors (Lipinski definition) is 4. The molecule has 2 aromatic carbocycles. The van der Waals surface area contributed by atoms with Crippen LogP contribution in [0.1, 0.15) is 37.8 Å². The first-order valence-electron chi connectivity index (χ1n) is 9.24. The summed E-state index contributed by atoms with van der Waals surface area (Å²) in [6, 6.07) is 14.8. The van der Waals surface area contributed by atoms with Crippen LogP contribution in [-0.4, -0.2) is 18.7 Å². The van der Waals surface area contributed by atoms with Gasteiger partial charge >= 0.3 is 0 Å². The molecule has 0 aliphatic carbocycles.